The molecule has 1 aliphatic rings. The second-order valence-electron chi connectivity index (χ2n) is 4.28. The molecule has 6 nitrogen and oxygen atoms in total. The fourth-order valence-corrected chi connectivity index (χ4v) is 1.89. The van der Waals surface area contributed by atoms with Crippen molar-refractivity contribution in [1.82, 2.24) is 20.2 Å². The number of nitrogens with zero attached hydrogens (tertiary/aromatic N) is 5. The Morgan fingerprint density at radius 2 is 2.41 bits per heavy atom. The maximum Gasteiger partial charge on any atom is 0.177 e. The molecule has 1 aromatic rings. The number of rotatable bonds is 2. The van der Waals surface area contributed by atoms with Gasteiger partial charge in [-0.1, -0.05) is 13.0 Å². The molecule has 0 spiro atoms. The van der Waals surface area contributed by atoms with Crippen molar-refractivity contribution in [2.45, 2.75) is 26.8 Å². The van der Waals surface area contributed by atoms with Crippen molar-refractivity contribution in [2.75, 3.05) is 0 Å². The summed E-state index contributed by atoms with van der Waals surface area (Å²) in [5.74, 6) is 0.00146. The number of tetrazole rings is 1. The predicted molar refractivity (Wildman–Crippen MR) is 58.5 cm³/mol. The van der Waals surface area contributed by atoms with Gasteiger partial charge in [-0.05, 0) is 24.5 Å². The Morgan fingerprint density at radius 3 is 3.00 bits per heavy atom. The van der Waals surface area contributed by atoms with Gasteiger partial charge in [0.15, 0.2) is 11.6 Å². The normalized spacial score (nSPS) is 24.3. The molecule has 0 aromatic carbocycles. The molecule has 0 saturated carbocycles. The molecule has 0 fully saturated rings. The number of aryl methyl sites for hydroxylation is 1. The number of carbonyl (C=O) groups is 1. The van der Waals surface area contributed by atoms with Crippen molar-refractivity contribution in [3.8, 4) is 6.07 Å². The summed E-state index contributed by atoms with van der Waals surface area (Å²) < 4.78 is 0. The quantitative estimate of drug-likeness (QED) is 0.746. The minimum atomic E-state index is -0.542. The average Bonchev–Trinajstić information content (AvgIpc) is 2.69. The van der Waals surface area contributed by atoms with Gasteiger partial charge in [0.2, 0.25) is 0 Å². The van der Waals surface area contributed by atoms with Gasteiger partial charge in [-0.15, -0.1) is 10.2 Å². The number of aromatic nitrogens is 4. The molecular weight excluding hydrogens is 218 g/mol. The van der Waals surface area contributed by atoms with E-state index in [4.69, 9.17) is 5.26 Å². The van der Waals surface area contributed by atoms with Gasteiger partial charge in [-0.25, -0.2) is 0 Å². The summed E-state index contributed by atoms with van der Waals surface area (Å²) in [6, 6.07) is 2.07. The molecule has 0 radical (unpaired) electrons. The fraction of sp³-hybridized carbons (Fsp3) is 0.545. The Morgan fingerprint density at radius 1 is 1.65 bits per heavy atom. The molecule has 0 bridgehead atoms. The van der Waals surface area contributed by atoms with E-state index in [0.29, 0.717) is 17.9 Å². The molecule has 0 saturated heterocycles. The monoisotopic (exact) mass is 231 g/mol. The van der Waals surface area contributed by atoms with E-state index >= 15 is 0 Å². The van der Waals surface area contributed by atoms with Crippen LogP contribution in [0.25, 0.3) is 0 Å². The summed E-state index contributed by atoms with van der Waals surface area (Å²) in [5, 5.41) is 20.6. The second-order valence-corrected chi connectivity index (χ2v) is 4.28. The average molecular weight is 231 g/mol. The zero-order valence-electron chi connectivity index (χ0n) is 9.79. The largest absolute Gasteiger partial charge is 0.293 e. The van der Waals surface area contributed by atoms with E-state index in [1.54, 1.807) is 6.92 Å². The Hall–Kier alpha value is -2.03. The number of ketones is 1. The van der Waals surface area contributed by atoms with Crippen molar-refractivity contribution < 1.29 is 4.79 Å². The minimum absolute atomic E-state index is 0.0849. The van der Waals surface area contributed by atoms with Crippen molar-refractivity contribution in [3.63, 3.8) is 0 Å². The van der Waals surface area contributed by atoms with Gasteiger partial charge in [-0.3, -0.25) is 4.79 Å². The summed E-state index contributed by atoms with van der Waals surface area (Å²) in [4.78, 5) is 13.4. The van der Waals surface area contributed by atoms with Gasteiger partial charge in [0.1, 0.15) is 5.92 Å². The van der Waals surface area contributed by atoms with Crippen LogP contribution >= 0.6 is 0 Å². The maximum atomic E-state index is 12.0. The van der Waals surface area contributed by atoms with Crippen LogP contribution in [-0.2, 0) is 11.3 Å². The molecule has 0 amide bonds. The van der Waals surface area contributed by atoms with Crippen LogP contribution in [0.4, 0.5) is 0 Å². The summed E-state index contributed by atoms with van der Waals surface area (Å²) >= 11 is 0. The summed E-state index contributed by atoms with van der Waals surface area (Å²) in [6.45, 7) is 3.95. The summed E-state index contributed by atoms with van der Waals surface area (Å²) in [5.41, 5.74) is 0.604. The standard InChI is InChI=1S/C11H13N5O/c1-7-3-4-9(11(17)10(7)5-12)6-16-14-8(2)13-15-16/h4,7,10H,3,6H2,1-2H3. The smallest absolute Gasteiger partial charge is 0.177 e. The third-order valence-corrected chi connectivity index (χ3v) is 2.91. The van der Waals surface area contributed by atoms with Gasteiger partial charge in [0.25, 0.3) is 0 Å². The number of Topliss-reactive ketones (excluding diaryl/α,β-unsaturated/α-hetero) is 1. The number of hydrogen-bond acceptors (Lipinski definition) is 5. The molecule has 2 rings (SSSR count). The first-order valence-electron chi connectivity index (χ1n) is 5.49. The van der Waals surface area contributed by atoms with Crippen LogP contribution < -0.4 is 0 Å². The van der Waals surface area contributed by atoms with E-state index in [-0.39, 0.29) is 11.7 Å². The van der Waals surface area contributed by atoms with Crippen molar-refractivity contribution in [3.05, 3.63) is 17.5 Å². The zero-order chi connectivity index (χ0) is 12.4. The molecule has 0 N–H and O–H groups in total. The zero-order valence-corrected chi connectivity index (χ0v) is 9.79. The third kappa shape index (κ3) is 2.23. The molecule has 0 aliphatic heterocycles. The minimum Gasteiger partial charge on any atom is -0.293 e. The highest BCUT2D eigenvalue weighted by molar-refractivity contribution is 5.99. The number of carbonyl (C=O) groups excluding carboxylic acids is 1. The Labute approximate surface area is 98.9 Å². The maximum absolute atomic E-state index is 12.0. The number of allylic oxidation sites excluding steroid dienone is 2. The van der Waals surface area contributed by atoms with E-state index in [0.717, 1.165) is 6.42 Å². The molecule has 1 aromatic heterocycles. The van der Waals surface area contributed by atoms with E-state index in [9.17, 15) is 4.79 Å². The molecule has 17 heavy (non-hydrogen) atoms. The summed E-state index contributed by atoms with van der Waals surface area (Å²) in [7, 11) is 0. The molecule has 2 unspecified atom stereocenters. The van der Waals surface area contributed by atoms with Gasteiger partial charge in [0.05, 0.1) is 12.6 Å². The van der Waals surface area contributed by atoms with Gasteiger partial charge in [0, 0.05) is 5.57 Å². The van der Waals surface area contributed by atoms with Gasteiger partial charge >= 0.3 is 0 Å². The Bertz CT molecular complexity index is 510. The Kier molecular flexibility index (Phi) is 3.00. The van der Waals surface area contributed by atoms with Gasteiger partial charge < -0.3 is 0 Å². The molecule has 6 heteroatoms. The van der Waals surface area contributed by atoms with Crippen molar-refractivity contribution in [1.29, 1.82) is 5.26 Å². The molecule has 1 aliphatic carbocycles. The van der Waals surface area contributed by atoms with Crippen LogP contribution in [-0.4, -0.2) is 26.0 Å². The lowest BCUT2D eigenvalue weighted by atomic mass is 9.80. The van der Waals surface area contributed by atoms with E-state index < -0.39 is 5.92 Å². The molecular formula is C11H13N5O. The predicted octanol–water partition coefficient (Wildman–Crippen LogP) is 0.657. The van der Waals surface area contributed by atoms with E-state index in [1.165, 1.54) is 4.80 Å². The molecule has 88 valence electrons. The highest BCUT2D eigenvalue weighted by atomic mass is 16.1. The first-order chi connectivity index (χ1) is 8.11. The van der Waals surface area contributed by atoms with Crippen LogP contribution in [0.3, 0.4) is 0 Å². The van der Waals surface area contributed by atoms with Crippen LogP contribution in [0, 0.1) is 30.1 Å². The van der Waals surface area contributed by atoms with E-state index in [2.05, 4.69) is 21.5 Å². The molecule has 1 heterocycles. The number of nitriles is 1. The first kappa shape index (κ1) is 11.5. The lowest BCUT2D eigenvalue weighted by Crippen LogP contribution is -2.28. The SMILES string of the molecule is Cc1nnn(CC2=CCC(C)C(C#N)C2=O)n1. The van der Waals surface area contributed by atoms with Crippen molar-refractivity contribution >= 4 is 5.78 Å². The van der Waals surface area contributed by atoms with E-state index in [1.807, 2.05) is 13.0 Å². The topological polar surface area (TPSA) is 84.5 Å². The highest BCUT2D eigenvalue weighted by Gasteiger charge is 2.31. The second kappa shape index (κ2) is 4.45. The third-order valence-electron chi connectivity index (χ3n) is 2.91. The highest BCUT2D eigenvalue weighted by Crippen LogP contribution is 2.26. The van der Waals surface area contributed by atoms with Crippen LogP contribution in [0.2, 0.25) is 0 Å². The lowest BCUT2D eigenvalue weighted by Gasteiger charge is -2.21. The van der Waals surface area contributed by atoms with Gasteiger partial charge in [-0.2, -0.15) is 10.1 Å². The van der Waals surface area contributed by atoms with Crippen molar-refractivity contribution in [2.24, 2.45) is 11.8 Å². The number of hydrogen-bond donors (Lipinski definition) is 0. The summed E-state index contributed by atoms with van der Waals surface area (Å²) in [6.07, 6.45) is 2.62. The van der Waals surface area contributed by atoms with Crippen LogP contribution in [0.15, 0.2) is 11.6 Å². The van der Waals surface area contributed by atoms with Crippen LogP contribution in [0.5, 0.6) is 0 Å². The lowest BCUT2D eigenvalue weighted by molar-refractivity contribution is -0.119. The Balaban J connectivity index is 2.17. The van der Waals surface area contributed by atoms with Crippen LogP contribution in [0.1, 0.15) is 19.2 Å². The first-order valence-corrected chi connectivity index (χ1v) is 5.49. The fourth-order valence-electron chi connectivity index (χ4n) is 1.89. The molecule has 2 atom stereocenters.